The second-order valence-corrected chi connectivity index (χ2v) is 15.1. The number of likely N-dealkylation sites (tertiary alicyclic amines) is 1. The minimum Gasteiger partial charge on any atom is -0.466 e. The molecule has 8 heteroatoms. The summed E-state index contributed by atoms with van der Waals surface area (Å²) < 4.78 is 32.4. The number of ether oxygens (including phenoxy) is 1. The first-order chi connectivity index (χ1) is 14.5. The highest BCUT2D eigenvalue weighted by atomic mass is 28.4. The van der Waals surface area contributed by atoms with Crippen LogP contribution in [0.5, 0.6) is 0 Å². The summed E-state index contributed by atoms with van der Waals surface area (Å²) in [6.45, 7) is 15.6. The quantitative estimate of drug-likeness (QED) is 0.481. The number of fused-ring (bicyclic) bond motifs is 2. The summed E-state index contributed by atoms with van der Waals surface area (Å²) in [5.41, 5.74) is 2.09. The van der Waals surface area contributed by atoms with Gasteiger partial charge in [0.1, 0.15) is 5.52 Å². The van der Waals surface area contributed by atoms with Crippen LogP contribution in [0, 0.1) is 11.7 Å². The van der Waals surface area contributed by atoms with Crippen molar-refractivity contribution in [3.63, 3.8) is 0 Å². The third-order valence-electron chi connectivity index (χ3n) is 6.95. The number of nitrogens with zero attached hydrogens (tertiary/aromatic N) is 2. The maximum absolute atomic E-state index is 15.1. The topological polar surface area (TPSA) is 64.8 Å². The van der Waals surface area contributed by atoms with E-state index in [-0.39, 0.29) is 34.4 Å². The number of hydrogen-bond donors (Lipinski definition) is 0. The van der Waals surface area contributed by atoms with E-state index in [9.17, 15) is 4.79 Å². The van der Waals surface area contributed by atoms with Gasteiger partial charge in [-0.2, -0.15) is 0 Å². The van der Waals surface area contributed by atoms with Crippen LogP contribution in [-0.2, 0) is 33.3 Å². The molecule has 0 bridgehead atoms. The van der Waals surface area contributed by atoms with Gasteiger partial charge in [0, 0.05) is 13.1 Å². The number of carbonyl (C=O) groups is 1. The lowest BCUT2D eigenvalue weighted by Crippen LogP contribution is -2.57. The Morgan fingerprint density at radius 2 is 2.03 bits per heavy atom. The van der Waals surface area contributed by atoms with Gasteiger partial charge in [0.15, 0.2) is 19.7 Å². The molecule has 0 spiro atoms. The molecule has 1 aromatic carbocycles. The predicted octanol–water partition coefficient (Wildman–Crippen LogP) is 4.45. The van der Waals surface area contributed by atoms with E-state index >= 15 is 4.39 Å². The summed E-state index contributed by atoms with van der Waals surface area (Å²) in [7, 11) is -1.77. The van der Waals surface area contributed by atoms with Crippen molar-refractivity contribution in [2.24, 2.45) is 5.92 Å². The molecule has 2 heterocycles. The van der Waals surface area contributed by atoms with Crippen molar-refractivity contribution in [1.29, 1.82) is 0 Å². The van der Waals surface area contributed by atoms with Gasteiger partial charge in [0.05, 0.1) is 25.2 Å². The normalized spacial score (nSPS) is 20.2. The first kappa shape index (κ1) is 22.4. The minimum atomic E-state index is -1.77. The number of halogens is 1. The van der Waals surface area contributed by atoms with Crippen LogP contribution < -0.4 is 0 Å². The fourth-order valence-electron chi connectivity index (χ4n) is 4.16. The van der Waals surface area contributed by atoms with Gasteiger partial charge in [0.25, 0.3) is 0 Å². The maximum atomic E-state index is 15.1. The van der Waals surface area contributed by atoms with Gasteiger partial charge in [-0.25, -0.2) is 9.37 Å². The Morgan fingerprint density at radius 3 is 2.68 bits per heavy atom. The summed E-state index contributed by atoms with van der Waals surface area (Å²) in [6, 6.07) is 1.86. The number of esters is 1. The van der Waals surface area contributed by atoms with Gasteiger partial charge in [-0.3, -0.25) is 9.69 Å². The molecule has 1 atom stereocenters. The van der Waals surface area contributed by atoms with Crippen LogP contribution in [0.25, 0.3) is 11.1 Å². The van der Waals surface area contributed by atoms with Crippen LogP contribution in [0.1, 0.15) is 44.7 Å². The molecule has 1 aromatic heterocycles. The number of carbonyl (C=O) groups excluding carboxylic acids is 1. The second-order valence-electron chi connectivity index (χ2n) is 10.3. The average molecular weight is 449 g/mol. The number of hydrogen-bond acceptors (Lipinski definition) is 6. The maximum Gasteiger partial charge on any atom is 0.309 e. The van der Waals surface area contributed by atoms with E-state index in [1.807, 2.05) is 6.07 Å². The van der Waals surface area contributed by atoms with E-state index in [4.69, 9.17) is 13.6 Å². The first-order valence-electron chi connectivity index (χ1n) is 11.1. The smallest absolute Gasteiger partial charge is 0.309 e. The minimum absolute atomic E-state index is 0.188. The van der Waals surface area contributed by atoms with Gasteiger partial charge in [-0.1, -0.05) is 20.8 Å². The molecule has 0 N–H and O–H groups in total. The molecule has 1 aliphatic heterocycles. The summed E-state index contributed by atoms with van der Waals surface area (Å²) >= 11 is 0. The predicted molar refractivity (Wildman–Crippen MR) is 119 cm³/mol. The Kier molecular flexibility index (Phi) is 5.77. The molecule has 2 aliphatic rings. The van der Waals surface area contributed by atoms with E-state index in [1.54, 1.807) is 6.92 Å². The van der Waals surface area contributed by atoms with Crippen LogP contribution in [0.15, 0.2) is 10.5 Å². The highest BCUT2D eigenvalue weighted by Gasteiger charge is 2.42. The monoisotopic (exact) mass is 448 g/mol. The van der Waals surface area contributed by atoms with Crippen molar-refractivity contribution in [1.82, 2.24) is 9.88 Å². The third-order valence-corrected chi connectivity index (χ3v) is 11.5. The number of aromatic nitrogens is 1. The second kappa shape index (κ2) is 7.97. The molecule has 2 aromatic rings. The lowest BCUT2D eigenvalue weighted by Gasteiger charge is -2.46. The zero-order valence-electron chi connectivity index (χ0n) is 19.4. The molecule has 0 saturated carbocycles. The Morgan fingerprint density at radius 1 is 1.32 bits per heavy atom. The van der Waals surface area contributed by atoms with E-state index in [1.165, 1.54) is 0 Å². The molecular formula is C23H33FN2O4Si. The summed E-state index contributed by atoms with van der Waals surface area (Å²) in [6.07, 6.45) is 1.08. The molecule has 1 unspecified atom stereocenters. The molecule has 170 valence electrons. The lowest BCUT2D eigenvalue weighted by atomic mass is 10.1. The van der Waals surface area contributed by atoms with Crippen LogP contribution in [0.4, 0.5) is 4.39 Å². The molecule has 4 rings (SSSR count). The Hall–Kier alpha value is -1.77. The van der Waals surface area contributed by atoms with Crippen LogP contribution >= 0.6 is 0 Å². The summed E-state index contributed by atoms with van der Waals surface area (Å²) in [5.74, 6) is -0.462. The first-order valence-corrected chi connectivity index (χ1v) is 14.1. The number of rotatable bonds is 6. The number of oxazole rings is 1. The van der Waals surface area contributed by atoms with Gasteiger partial charge in [0.2, 0.25) is 5.89 Å². The molecule has 1 saturated heterocycles. The third kappa shape index (κ3) is 4.30. The van der Waals surface area contributed by atoms with Crippen molar-refractivity contribution in [3.05, 3.63) is 28.9 Å². The van der Waals surface area contributed by atoms with E-state index in [2.05, 4.69) is 43.7 Å². The zero-order chi connectivity index (χ0) is 22.6. The van der Waals surface area contributed by atoms with Gasteiger partial charge in [-0.05, 0) is 55.1 Å². The molecule has 6 nitrogen and oxygen atoms in total. The van der Waals surface area contributed by atoms with Gasteiger partial charge in [-0.15, -0.1) is 0 Å². The largest absolute Gasteiger partial charge is 0.466 e. The van der Waals surface area contributed by atoms with Crippen molar-refractivity contribution in [3.8, 4) is 0 Å². The van der Waals surface area contributed by atoms with Crippen molar-refractivity contribution < 1.29 is 22.8 Å². The van der Waals surface area contributed by atoms with Gasteiger partial charge < -0.3 is 13.6 Å². The molecule has 1 fully saturated rings. The average Bonchev–Trinajstić information content (AvgIpc) is 3.23. The molecule has 0 amide bonds. The molecule has 31 heavy (non-hydrogen) atoms. The van der Waals surface area contributed by atoms with Crippen LogP contribution in [-0.4, -0.2) is 50.0 Å². The molecule has 0 radical (unpaired) electrons. The highest BCUT2D eigenvalue weighted by molar-refractivity contribution is 6.74. The van der Waals surface area contributed by atoms with Crippen molar-refractivity contribution in [2.45, 2.75) is 71.3 Å². The van der Waals surface area contributed by atoms with Crippen LogP contribution in [0.3, 0.4) is 0 Å². The summed E-state index contributed by atoms with van der Waals surface area (Å²) in [4.78, 5) is 18.8. The molecular weight excluding hydrogens is 415 g/mol. The Labute approximate surface area is 184 Å². The number of benzene rings is 1. The Bertz CT molecular complexity index is 992. The lowest BCUT2D eigenvalue weighted by molar-refractivity contribution is -0.147. The van der Waals surface area contributed by atoms with Gasteiger partial charge >= 0.3 is 5.97 Å². The fourth-order valence-corrected chi connectivity index (χ4v) is 5.49. The van der Waals surface area contributed by atoms with Crippen molar-refractivity contribution in [2.75, 3.05) is 19.7 Å². The highest BCUT2D eigenvalue weighted by Crippen LogP contribution is 2.39. The molecule has 1 aliphatic carbocycles. The van der Waals surface area contributed by atoms with E-state index < -0.39 is 8.32 Å². The Balaban J connectivity index is 1.40. The zero-order valence-corrected chi connectivity index (χ0v) is 20.4. The van der Waals surface area contributed by atoms with E-state index in [0.717, 1.165) is 18.7 Å². The SMILES string of the molecule is CCOC(=O)C1Cc2cc3nc(CN4CC(O[Si](C)(C)C(C)(C)C)C4)oc3c(F)c2C1. The fraction of sp³-hybridized carbons (Fsp3) is 0.652. The van der Waals surface area contributed by atoms with E-state index in [0.29, 0.717) is 43.0 Å². The van der Waals surface area contributed by atoms with Crippen LogP contribution in [0.2, 0.25) is 18.1 Å². The standard InChI is InChI=1S/C23H33FN2O4Si/c1-7-28-22(27)15-8-14-10-18-21(20(24)17(14)9-15)29-19(25-18)13-26-11-16(12-26)30-31(5,6)23(2,3)4/h10,15-16H,7-9,11-13H2,1-6H3. The summed E-state index contributed by atoms with van der Waals surface area (Å²) in [5, 5.41) is 0.192. The van der Waals surface area contributed by atoms with Crippen molar-refractivity contribution >= 4 is 25.4 Å².